The molecule has 0 bridgehead atoms. The fourth-order valence-electron chi connectivity index (χ4n) is 1.39. The molecule has 98 valence electrons. The summed E-state index contributed by atoms with van der Waals surface area (Å²) in [6.07, 6.45) is 0. The summed E-state index contributed by atoms with van der Waals surface area (Å²) in [6.45, 7) is 0. The highest BCUT2D eigenvalue weighted by molar-refractivity contribution is 9.10. The number of nitrogens with zero attached hydrogens (tertiary/aromatic N) is 2. The molecule has 0 spiro atoms. The van der Waals surface area contributed by atoms with Gasteiger partial charge in [0.1, 0.15) is 11.0 Å². The molecule has 0 saturated heterocycles. The fraction of sp³-hybridized carbons (Fsp3) is 0. The average molecular weight is 347 g/mol. The zero-order chi connectivity index (χ0) is 14.0. The second-order valence-corrected chi connectivity index (χ2v) is 4.75. The van der Waals surface area contributed by atoms with Gasteiger partial charge in [-0.2, -0.15) is 0 Å². The van der Waals surface area contributed by atoms with Crippen LogP contribution < -0.4 is 5.32 Å². The van der Waals surface area contributed by atoms with Crippen LogP contribution in [0.15, 0.2) is 34.8 Å². The first-order chi connectivity index (χ1) is 8.97. The zero-order valence-corrected chi connectivity index (χ0v) is 11.6. The van der Waals surface area contributed by atoms with Gasteiger partial charge in [0.15, 0.2) is 0 Å². The second kappa shape index (κ2) is 5.50. The van der Waals surface area contributed by atoms with Crippen LogP contribution in [0.3, 0.4) is 0 Å². The first-order valence-corrected chi connectivity index (χ1v) is 6.17. The third kappa shape index (κ3) is 3.18. The Labute approximate surface area is 120 Å². The first-order valence-electron chi connectivity index (χ1n) is 5.00. The first kappa shape index (κ1) is 13.7. The van der Waals surface area contributed by atoms with Crippen LogP contribution in [0.2, 0.25) is 5.15 Å². The number of nitro groups is 1. The molecule has 1 N–H and O–H groups in total. The monoisotopic (exact) mass is 345 g/mol. The Morgan fingerprint density at radius 1 is 1.37 bits per heavy atom. The van der Waals surface area contributed by atoms with E-state index in [4.69, 9.17) is 11.6 Å². The molecule has 2 aromatic rings. The minimum atomic E-state index is -0.598. The molecule has 5 nitrogen and oxygen atoms in total. The third-order valence-corrected chi connectivity index (χ3v) is 3.12. The Morgan fingerprint density at radius 3 is 2.79 bits per heavy atom. The lowest BCUT2D eigenvalue weighted by Gasteiger charge is -2.08. The van der Waals surface area contributed by atoms with Gasteiger partial charge in [0, 0.05) is 10.5 Å². The Hall–Kier alpha value is -1.73. The Balaban J connectivity index is 2.45. The van der Waals surface area contributed by atoms with Gasteiger partial charge in [-0.05, 0) is 40.2 Å². The number of hydrogen-bond acceptors (Lipinski definition) is 4. The summed E-state index contributed by atoms with van der Waals surface area (Å²) in [7, 11) is 0. The van der Waals surface area contributed by atoms with Crippen LogP contribution in [-0.2, 0) is 0 Å². The van der Waals surface area contributed by atoms with E-state index in [0.29, 0.717) is 10.2 Å². The summed E-state index contributed by atoms with van der Waals surface area (Å²) in [5, 5.41) is 13.6. The summed E-state index contributed by atoms with van der Waals surface area (Å²) in [6, 6.07) is 6.47. The zero-order valence-electron chi connectivity index (χ0n) is 9.23. The summed E-state index contributed by atoms with van der Waals surface area (Å²) >= 11 is 8.91. The minimum absolute atomic E-state index is 0.0520. The van der Waals surface area contributed by atoms with Crippen molar-refractivity contribution >= 4 is 44.7 Å². The van der Waals surface area contributed by atoms with Gasteiger partial charge in [0.2, 0.25) is 5.82 Å². The molecule has 0 aliphatic rings. The molecule has 0 aliphatic heterocycles. The van der Waals surface area contributed by atoms with Crippen LogP contribution in [0.25, 0.3) is 0 Å². The van der Waals surface area contributed by atoms with Crippen molar-refractivity contribution in [2.75, 3.05) is 5.32 Å². The topological polar surface area (TPSA) is 68.1 Å². The van der Waals surface area contributed by atoms with Gasteiger partial charge in [-0.15, -0.1) is 0 Å². The number of nitrogens with one attached hydrogen (secondary N) is 1. The smallest absolute Gasteiger partial charge is 0.311 e. The molecule has 0 amide bonds. The van der Waals surface area contributed by atoms with E-state index >= 15 is 0 Å². The van der Waals surface area contributed by atoms with E-state index in [9.17, 15) is 14.5 Å². The molecule has 8 heteroatoms. The molecular formula is C11H6BrClFN3O2. The summed E-state index contributed by atoms with van der Waals surface area (Å²) in [4.78, 5) is 14.1. The molecule has 2 rings (SSSR count). The maximum atomic E-state index is 13.1. The van der Waals surface area contributed by atoms with Crippen LogP contribution in [0.1, 0.15) is 0 Å². The normalized spacial score (nSPS) is 10.3. The summed E-state index contributed by atoms with van der Waals surface area (Å²) < 4.78 is 13.7. The highest BCUT2D eigenvalue weighted by Crippen LogP contribution is 2.31. The minimum Gasteiger partial charge on any atom is -0.333 e. The maximum absolute atomic E-state index is 13.1. The third-order valence-electron chi connectivity index (χ3n) is 2.22. The number of halogens is 3. The molecule has 0 aliphatic carbocycles. The molecule has 0 atom stereocenters. The van der Waals surface area contributed by atoms with Gasteiger partial charge >= 0.3 is 5.69 Å². The van der Waals surface area contributed by atoms with Crippen LogP contribution in [0.4, 0.5) is 21.6 Å². The van der Waals surface area contributed by atoms with E-state index in [0.717, 1.165) is 0 Å². The number of anilines is 2. The van der Waals surface area contributed by atoms with Crippen LogP contribution in [0.5, 0.6) is 0 Å². The summed E-state index contributed by atoms with van der Waals surface area (Å²) in [5.41, 5.74) is 0.0680. The lowest BCUT2D eigenvalue weighted by Crippen LogP contribution is -2.00. The van der Waals surface area contributed by atoms with Gasteiger partial charge in [-0.25, -0.2) is 9.37 Å². The van der Waals surface area contributed by atoms with Gasteiger partial charge in [-0.3, -0.25) is 10.1 Å². The van der Waals surface area contributed by atoms with Gasteiger partial charge < -0.3 is 5.32 Å². The molecule has 0 unspecified atom stereocenters. The molecule has 0 saturated carbocycles. The molecule has 1 aromatic heterocycles. The Kier molecular flexibility index (Phi) is 3.96. The standard InChI is InChI=1S/C11H6BrClFN3O2/c12-7-2-1-6(14)5-8(7)15-11-9(17(18)19)3-4-10(13)16-11/h1-5H,(H,15,16). The number of aromatic nitrogens is 1. The quantitative estimate of drug-likeness (QED) is 0.511. The van der Waals surface area contributed by atoms with E-state index < -0.39 is 10.7 Å². The molecule has 1 aromatic carbocycles. The van der Waals surface area contributed by atoms with Crippen LogP contribution >= 0.6 is 27.5 Å². The van der Waals surface area contributed by atoms with Crippen LogP contribution in [-0.4, -0.2) is 9.91 Å². The Bertz CT molecular complexity index is 654. The molecule has 0 fully saturated rings. The van der Waals surface area contributed by atoms with Crippen molar-refractivity contribution in [2.45, 2.75) is 0 Å². The number of pyridine rings is 1. The lowest BCUT2D eigenvalue weighted by atomic mass is 10.3. The highest BCUT2D eigenvalue weighted by atomic mass is 79.9. The molecule has 1 heterocycles. The van der Waals surface area contributed by atoms with Gasteiger partial charge in [0.25, 0.3) is 0 Å². The fourth-order valence-corrected chi connectivity index (χ4v) is 1.88. The summed E-state index contributed by atoms with van der Waals surface area (Å²) in [5.74, 6) is -0.529. The largest absolute Gasteiger partial charge is 0.333 e. The number of hydrogen-bond donors (Lipinski definition) is 1. The van der Waals surface area contributed by atoms with Crippen molar-refractivity contribution in [3.63, 3.8) is 0 Å². The predicted octanol–water partition coefficient (Wildman–Crippen LogP) is 4.29. The van der Waals surface area contributed by atoms with Crippen molar-refractivity contribution < 1.29 is 9.31 Å². The van der Waals surface area contributed by atoms with Crippen molar-refractivity contribution in [3.05, 3.63) is 55.9 Å². The van der Waals surface area contributed by atoms with Crippen molar-refractivity contribution in [1.82, 2.24) is 4.98 Å². The van der Waals surface area contributed by atoms with Gasteiger partial charge in [0.05, 0.1) is 10.6 Å². The van der Waals surface area contributed by atoms with Crippen LogP contribution in [0, 0.1) is 15.9 Å². The van der Waals surface area contributed by atoms with E-state index in [1.54, 1.807) is 0 Å². The van der Waals surface area contributed by atoms with Crippen molar-refractivity contribution in [2.24, 2.45) is 0 Å². The van der Waals surface area contributed by atoms with Crippen molar-refractivity contribution in [3.8, 4) is 0 Å². The SMILES string of the molecule is O=[N+]([O-])c1ccc(Cl)nc1Nc1cc(F)ccc1Br. The highest BCUT2D eigenvalue weighted by Gasteiger charge is 2.17. The van der Waals surface area contributed by atoms with E-state index in [-0.39, 0.29) is 16.7 Å². The second-order valence-electron chi connectivity index (χ2n) is 3.51. The predicted molar refractivity (Wildman–Crippen MR) is 73.3 cm³/mol. The number of benzene rings is 1. The Morgan fingerprint density at radius 2 is 2.11 bits per heavy atom. The maximum Gasteiger partial charge on any atom is 0.311 e. The molecular weight excluding hydrogens is 340 g/mol. The van der Waals surface area contributed by atoms with E-state index in [1.807, 2.05) is 0 Å². The van der Waals surface area contributed by atoms with Crippen molar-refractivity contribution in [1.29, 1.82) is 0 Å². The average Bonchev–Trinajstić information content (AvgIpc) is 2.33. The van der Waals surface area contributed by atoms with E-state index in [2.05, 4.69) is 26.2 Å². The van der Waals surface area contributed by atoms with E-state index in [1.165, 1.54) is 30.3 Å². The molecule has 19 heavy (non-hydrogen) atoms. The number of rotatable bonds is 3. The van der Waals surface area contributed by atoms with Gasteiger partial charge in [-0.1, -0.05) is 11.6 Å². The lowest BCUT2D eigenvalue weighted by molar-refractivity contribution is -0.384. The molecule has 0 radical (unpaired) electrons.